The number of rotatable bonds is 6. The molecule has 4 rings (SSSR count). The number of para-hydroxylation sites is 1. The van der Waals surface area contributed by atoms with Crippen LogP contribution in [-0.2, 0) is 14.8 Å². The lowest BCUT2D eigenvalue weighted by Crippen LogP contribution is -2.43. The van der Waals surface area contributed by atoms with Crippen molar-refractivity contribution in [3.05, 3.63) is 54.1 Å². The van der Waals surface area contributed by atoms with Crippen molar-refractivity contribution < 1.29 is 22.7 Å². The molecule has 0 aromatic heterocycles. The second-order valence-corrected chi connectivity index (χ2v) is 10.7. The van der Waals surface area contributed by atoms with E-state index in [-0.39, 0.29) is 23.3 Å². The van der Waals surface area contributed by atoms with Gasteiger partial charge in [-0.15, -0.1) is 0 Å². The summed E-state index contributed by atoms with van der Waals surface area (Å²) in [7, 11) is -2.20. The number of sulfonamides is 1. The van der Waals surface area contributed by atoms with Crippen molar-refractivity contribution in [1.29, 1.82) is 0 Å². The monoisotopic (exact) mass is 485 g/mol. The van der Waals surface area contributed by atoms with Crippen molar-refractivity contribution in [3.8, 4) is 5.75 Å². The minimum atomic E-state index is -3.73. The molecule has 1 atom stereocenters. The second-order valence-electron chi connectivity index (χ2n) is 8.77. The number of methoxy groups -OCH3 is 1. The number of ether oxygens (including phenoxy) is 1. The Labute approximate surface area is 200 Å². The maximum atomic E-state index is 13.1. The quantitative estimate of drug-likeness (QED) is 0.677. The summed E-state index contributed by atoms with van der Waals surface area (Å²) >= 11 is 0. The van der Waals surface area contributed by atoms with E-state index in [1.807, 2.05) is 4.90 Å². The van der Waals surface area contributed by atoms with E-state index >= 15 is 0 Å². The summed E-state index contributed by atoms with van der Waals surface area (Å²) in [4.78, 5) is 28.2. The molecule has 2 aliphatic rings. The van der Waals surface area contributed by atoms with Gasteiger partial charge in [-0.3, -0.25) is 9.59 Å². The van der Waals surface area contributed by atoms with Crippen LogP contribution >= 0.6 is 0 Å². The minimum absolute atomic E-state index is 0.0806. The molecular formula is C25H31N3O5S. The molecule has 0 radical (unpaired) electrons. The number of nitrogens with zero attached hydrogens (tertiary/aromatic N) is 2. The van der Waals surface area contributed by atoms with Crippen molar-refractivity contribution >= 4 is 27.5 Å². The molecule has 34 heavy (non-hydrogen) atoms. The number of anilines is 1. The second kappa shape index (κ2) is 10.6. The summed E-state index contributed by atoms with van der Waals surface area (Å²) < 4.78 is 32.7. The van der Waals surface area contributed by atoms with Crippen LogP contribution in [0.4, 0.5) is 5.69 Å². The van der Waals surface area contributed by atoms with Crippen molar-refractivity contribution in [3.63, 3.8) is 0 Å². The van der Waals surface area contributed by atoms with Gasteiger partial charge >= 0.3 is 0 Å². The highest BCUT2D eigenvalue weighted by Crippen LogP contribution is 2.27. The summed E-state index contributed by atoms with van der Waals surface area (Å²) in [6.07, 6.45) is 4.27. The van der Waals surface area contributed by atoms with Crippen LogP contribution < -0.4 is 10.1 Å². The van der Waals surface area contributed by atoms with Gasteiger partial charge in [-0.1, -0.05) is 12.1 Å². The first-order valence-electron chi connectivity index (χ1n) is 11.7. The predicted octanol–water partition coefficient (Wildman–Crippen LogP) is 3.36. The smallest absolute Gasteiger partial charge is 0.255 e. The van der Waals surface area contributed by atoms with Crippen molar-refractivity contribution in [2.24, 2.45) is 5.92 Å². The summed E-state index contributed by atoms with van der Waals surface area (Å²) in [5.74, 6) is -0.274. The molecule has 182 valence electrons. The number of hydrogen-bond acceptors (Lipinski definition) is 5. The van der Waals surface area contributed by atoms with Gasteiger partial charge in [0.2, 0.25) is 15.9 Å². The maximum absolute atomic E-state index is 13.1. The lowest BCUT2D eigenvalue weighted by atomic mass is 9.98. The van der Waals surface area contributed by atoms with Gasteiger partial charge in [0.1, 0.15) is 5.75 Å². The fraction of sp³-hybridized carbons (Fsp3) is 0.440. The van der Waals surface area contributed by atoms with Crippen LogP contribution in [0.3, 0.4) is 0 Å². The Kier molecular flexibility index (Phi) is 7.53. The van der Waals surface area contributed by atoms with Gasteiger partial charge in [-0.25, -0.2) is 8.42 Å². The first kappa shape index (κ1) is 24.2. The molecule has 2 heterocycles. The molecule has 1 N–H and O–H groups in total. The standard InChI is InChI=1S/C25H31N3O5S/c1-33-20-11-13-21(14-12-20)34(31,32)28-17-7-8-19(18-28)24(29)26-23-10-4-3-9-22(23)25(30)27-15-5-2-6-16-27/h3-4,9-14,19H,2,5-8,15-18H2,1H3,(H,26,29)/t19-/m1/s1. The van der Waals surface area contributed by atoms with Gasteiger partial charge in [-0.2, -0.15) is 4.31 Å². The van der Waals surface area contributed by atoms with Gasteiger partial charge in [0.25, 0.3) is 5.91 Å². The van der Waals surface area contributed by atoms with Gasteiger partial charge in [0, 0.05) is 26.2 Å². The first-order valence-corrected chi connectivity index (χ1v) is 13.2. The van der Waals surface area contributed by atoms with Crippen LogP contribution in [-0.4, -0.2) is 62.7 Å². The van der Waals surface area contributed by atoms with E-state index in [0.717, 1.165) is 32.4 Å². The third kappa shape index (κ3) is 5.26. The highest BCUT2D eigenvalue weighted by atomic mass is 32.2. The number of amides is 2. The number of carbonyl (C=O) groups is 2. The van der Waals surface area contributed by atoms with Crippen LogP contribution in [0.1, 0.15) is 42.5 Å². The Bertz CT molecular complexity index is 1130. The Morgan fingerprint density at radius 1 is 0.941 bits per heavy atom. The highest BCUT2D eigenvalue weighted by molar-refractivity contribution is 7.89. The Hall–Kier alpha value is -2.91. The molecule has 2 aliphatic heterocycles. The topological polar surface area (TPSA) is 96.0 Å². The Morgan fingerprint density at radius 3 is 2.35 bits per heavy atom. The summed E-state index contributed by atoms with van der Waals surface area (Å²) in [6, 6.07) is 13.3. The summed E-state index contributed by atoms with van der Waals surface area (Å²) in [5, 5.41) is 2.90. The van der Waals surface area contributed by atoms with Crippen LogP contribution in [0.5, 0.6) is 5.75 Å². The highest BCUT2D eigenvalue weighted by Gasteiger charge is 2.34. The van der Waals surface area contributed by atoms with Crippen LogP contribution in [0.25, 0.3) is 0 Å². The molecule has 0 aliphatic carbocycles. The molecule has 9 heteroatoms. The van der Waals surface area contributed by atoms with Crippen molar-refractivity contribution in [2.75, 3.05) is 38.6 Å². The van der Waals surface area contributed by atoms with E-state index < -0.39 is 15.9 Å². The van der Waals surface area contributed by atoms with E-state index in [1.54, 1.807) is 36.4 Å². The summed E-state index contributed by atoms with van der Waals surface area (Å²) in [5.41, 5.74) is 0.939. The van der Waals surface area contributed by atoms with Gasteiger partial charge < -0.3 is 15.0 Å². The largest absolute Gasteiger partial charge is 0.497 e. The van der Waals surface area contributed by atoms with Gasteiger partial charge in [0.15, 0.2) is 0 Å². The molecule has 8 nitrogen and oxygen atoms in total. The molecule has 2 amide bonds. The lowest BCUT2D eigenvalue weighted by Gasteiger charge is -2.31. The number of benzene rings is 2. The molecule has 2 saturated heterocycles. The van der Waals surface area contributed by atoms with Gasteiger partial charge in [-0.05, 0) is 68.5 Å². The third-order valence-corrected chi connectivity index (χ3v) is 8.39. The number of piperidine rings is 2. The van der Waals surface area contributed by atoms with E-state index in [0.29, 0.717) is 36.4 Å². The minimum Gasteiger partial charge on any atom is -0.497 e. The summed E-state index contributed by atoms with van der Waals surface area (Å²) in [6.45, 7) is 1.91. The average Bonchev–Trinajstić information content (AvgIpc) is 2.89. The normalized spacial score (nSPS) is 19.4. The van der Waals surface area contributed by atoms with Crippen LogP contribution in [0.15, 0.2) is 53.4 Å². The molecule has 0 saturated carbocycles. The van der Waals surface area contributed by atoms with Crippen molar-refractivity contribution in [2.45, 2.75) is 37.0 Å². The number of hydrogen-bond donors (Lipinski definition) is 1. The fourth-order valence-corrected chi connectivity index (χ4v) is 6.08. The first-order chi connectivity index (χ1) is 16.4. The molecule has 0 spiro atoms. The molecule has 2 aromatic rings. The average molecular weight is 486 g/mol. The van der Waals surface area contributed by atoms with Crippen LogP contribution in [0.2, 0.25) is 0 Å². The Morgan fingerprint density at radius 2 is 1.65 bits per heavy atom. The van der Waals surface area contributed by atoms with E-state index in [9.17, 15) is 18.0 Å². The maximum Gasteiger partial charge on any atom is 0.255 e. The molecule has 0 unspecified atom stereocenters. The van der Waals surface area contributed by atoms with E-state index in [2.05, 4.69) is 5.32 Å². The SMILES string of the molecule is COc1ccc(S(=O)(=O)N2CCC[C@@H](C(=O)Nc3ccccc3C(=O)N3CCCCC3)C2)cc1. The van der Waals surface area contributed by atoms with E-state index in [1.165, 1.54) is 23.5 Å². The third-order valence-electron chi connectivity index (χ3n) is 6.51. The van der Waals surface area contributed by atoms with Crippen LogP contribution in [0, 0.1) is 5.92 Å². The molecular weight excluding hydrogens is 454 g/mol. The zero-order valence-corrected chi connectivity index (χ0v) is 20.2. The fourth-order valence-electron chi connectivity index (χ4n) is 4.55. The molecule has 0 bridgehead atoms. The molecule has 2 aromatic carbocycles. The number of carbonyl (C=O) groups excluding carboxylic acids is 2. The lowest BCUT2D eigenvalue weighted by molar-refractivity contribution is -0.120. The number of nitrogens with one attached hydrogen (secondary N) is 1. The predicted molar refractivity (Wildman–Crippen MR) is 129 cm³/mol. The van der Waals surface area contributed by atoms with Gasteiger partial charge in [0.05, 0.1) is 29.2 Å². The zero-order valence-electron chi connectivity index (χ0n) is 19.4. The number of likely N-dealkylation sites (tertiary alicyclic amines) is 1. The van der Waals surface area contributed by atoms with E-state index in [4.69, 9.17) is 4.74 Å². The Balaban J connectivity index is 1.46. The zero-order chi connectivity index (χ0) is 24.1. The molecule has 2 fully saturated rings. The van der Waals surface area contributed by atoms with Crippen molar-refractivity contribution in [1.82, 2.24) is 9.21 Å².